The second-order valence-corrected chi connectivity index (χ2v) is 3.40. The molecule has 62 valence electrons. The first-order chi connectivity index (χ1) is 6.45. The van der Waals surface area contributed by atoms with Crippen molar-refractivity contribution in [2.24, 2.45) is 0 Å². The minimum Gasteiger partial charge on any atom is -0.244 e. The Morgan fingerprint density at radius 3 is 3.23 bits per heavy atom. The van der Waals surface area contributed by atoms with E-state index in [1.54, 1.807) is 12.5 Å². The molecule has 13 heavy (non-hydrogen) atoms. The van der Waals surface area contributed by atoms with Crippen LogP contribution in [-0.4, -0.2) is 19.6 Å². The van der Waals surface area contributed by atoms with Crippen molar-refractivity contribution in [3.05, 3.63) is 24.7 Å². The quantitative estimate of drug-likeness (QED) is 0.538. The fraction of sp³-hybridized carbons (Fsp3) is 0. The molecule has 0 aliphatic rings. The molecule has 0 unspecified atom stereocenters. The Bertz CT molecular complexity index is 574. The van der Waals surface area contributed by atoms with Crippen LogP contribution >= 0.6 is 11.5 Å². The second kappa shape index (κ2) is 2.43. The van der Waals surface area contributed by atoms with Crippen molar-refractivity contribution in [2.45, 2.75) is 0 Å². The monoisotopic (exact) mass is 188 g/mol. The highest BCUT2D eigenvalue weighted by Gasteiger charge is 2.03. The second-order valence-electron chi connectivity index (χ2n) is 2.65. The summed E-state index contributed by atoms with van der Waals surface area (Å²) < 4.78 is 4.91. The van der Waals surface area contributed by atoms with Crippen molar-refractivity contribution in [3.63, 3.8) is 0 Å². The van der Waals surface area contributed by atoms with Gasteiger partial charge in [-0.25, -0.2) is 9.97 Å². The summed E-state index contributed by atoms with van der Waals surface area (Å²) in [5.74, 6) is 0. The van der Waals surface area contributed by atoms with Crippen LogP contribution in [0, 0.1) is 0 Å². The number of aromatic nitrogens is 4. The zero-order valence-corrected chi connectivity index (χ0v) is 7.32. The highest BCUT2D eigenvalue weighted by molar-refractivity contribution is 7.14. The first-order valence-corrected chi connectivity index (χ1v) is 4.53. The lowest BCUT2D eigenvalue weighted by Gasteiger charge is -1.93. The van der Waals surface area contributed by atoms with Crippen LogP contribution in [0.5, 0.6) is 0 Å². The molecule has 0 saturated carbocycles. The molecule has 0 saturated heterocycles. The van der Waals surface area contributed by atoms with Gasteiger partial charge in [0.1, 0.15) is 16.5 Å². The maximum Gasteiger partial charge on any atom is 0.116 e. The van der Waals surface area contributed by atoms with Gasteiger partial charge in [-0.1, -0.05) is 4.49 Å². The first-order valence-electron chi connectivity index (χ1n) is 3.76. The van der Waals surface area contributed by atoms with Gasteiger partial charge in [0.25, 0.3) is 0 Å². The molecule has 0 radical (unpaired) electrons. The highest BCUT2D eigenvalue weighted by atomic mass is 32.1. The fourth-order valence-electron chi connectivity index (χ4n) is 1.29. The van der Waals surface area contributed by atoms with Gasteiger partial charge in [-0.2, -0.15) is 0 Å². The smallest absolute Gasteiger partial charge is 0.116 e. The maximum atomic E-state index is 4.20. The number of nitrogens with zero attached hydrogens (tertiary/aromatic N) is 4. The van der Waals surface area contributed by atoms with E-state index in [9.17, 15) is 0 Å². The van der Waals surface area contributed by atoms with Crippen molar-refractivity contribution < 1.29 is 0 Å². The van der Waals surface area contributed by atoms with Crippen LogP contribution in [0.4, 0.5) is 0 Å². The van der Waals surface area contributed by atoms with Crippen LogP contribution in [0.2, 0.25) is 0 Å². The SMILES string of the molecule is c1ncc2ccc3nnsc3c2n1. The van der Waals surface area contributed by atoms with Crippen LogP contribution in [0.25, 0.3) is 21.1 Å². The predicted molar refractivity (Wildman–Crippen MR) is 50.5 cm³/mol. The molecule has 2 aromatic heterocycles. The fourth-order valence-corrected chi connectivity index (χ4v) is 1.96. The van der Waals surface area contributed by atoms with E-state index in [4.69, 9.17) is 0 Å². The molecule has 0 fully saturated rings. The van der Waals surface area contributed by atoms with E-state index in [1.807, 2.05) is 12.1 Å². The summed E-state index contributed by atoms with van der Waals surface area (Å²) in [4.78, 5) is 8.16. The maximum absolute atomic E-state index is 4.20. The minimum absolute atomic E-state index is 0.899. The van der Waals surface area contributed by atoms with Gasteiger partial charge >= 0.3 is 0 Å². The van der Waals surface area contributed by atoms with Crippen molar-refractivity contribution in [3.8, 4) is 0 Å². The van der Waals surface area contributed by atoms with Crippen molar-refractivity contribution >= 4 is 32.7 Å². The molecule has 0 aliphatic carbocycles. The lowest BCUT2D eigenvalue weighted by atomic mass is 10.2. The summed E-state index contributed by atoms with van der Waals surface area (Å²) in [5.41, 5.74) is 1.83. The van der Waals surface area contributed by atoms with Crippen LogP contribution in [0.3, 0.4) is 0 Å². The number of fused-ring (bicyclic) bond motifs is 3. The Labute approximate surface area is 77.4 Å². The van der Waals surface area contributed by atoms with Gasteiger partial charge < -0.3 is 0 Å². The number of hydrogen-bond acceptors (Lipinski definition) is 5. The Balaban J connectivity index is 2.65. The lowest BCUT2D eigenvalue weighted by molar-refractivity contribution is 1.20. The topological polar surface area (TPSA) is 51.6 Å². The molecule has 0 aliphatic heterocycles. The summed E-state index contributed by atoms with van der Waals surface area (Å²) >= 11 is 1.37. The van der Waals surface area contributed by atoms with E-state index in [2.05, 4.69) is 19.6 Å². The van der Waals surface area contributed by atoms with Gasteiger partial charge in [0.15, 0.2) is 0 Å². The Kier molecular flexibility index (Phi) is 1.28. The molecule has 3 rings (SSSR count). The molecule has 0 amide bonds. The summed E-state index contributed by atoms with van der Waals surface area (Å²) in [7, 11) is 0. The van der Waals surface area contributed by atoms with Gasteiger partial charge in [0.05, 0.1) is 5.52 Å². The van der Waals surface area contributed by atoms with Crippen LogP contribution < -0.4 is 0 Å². The van der Waals surface area contributed by atoms with Crippen LogP contribution in [0.15, 0.2) is 24.7 Å². The zero-order valence-electron chi connectivity index (χ0n) is 6.51. The van der Waals surface area contributed by atoms with Gasteiger partial charge in [-0.15, -0.1) is 5.10 Å². The highest BCUT2D eigenvalue weighted by Crippen LogP contribution is 2.23. The minimum atomic E-state index is 0.899. The molecule has 3 aromatic rings. The summed E-state index contributed by atoms with van der Waals surface area (Å²) in [6.45, 7) is 0. The molecular weight excluding hydrogens is 184 g/mol. The summed E-state index contributed by atoms with van der Waals surface area (Å²) in [6.07, 6.45) is 3.34. The van der Waals surface area contributed by atoms with E-state index in [0.29, 0.717) is 0 Å². The van der Waals surface area contributed by atoms with E-state index in [-0.39, 0.29) is 0 Å². The molecule has 1 aromatic carbocycles. The predicted octanol–water partition coefficient (Wildman–Crippen LogP) is 1.63. The Morgan fingerprint density at radius 2 is 2.23 bits per heavy atom. The molecule has 0 N–H and O–H groups in total. The van der Waals surface area contributed by atoms with Gasteiger partial charge in [-0.3, -0.25) is 0 Å². The van der Waals surface area contributed by atoms with Crippen LogP contribution in [-0.2, 0) is 0 Å². The number of hydrogen-bond donors (Lipinski definition) is 0. The normalized spacial score (nSPS) is 11.1. The molecular formula is C8H4N4S. The van der Waals surface area contributed by atoms with Gasteiger partial charge in [0.2, 0.25) is 0 Å². The molecule has 2 heterocycles. The molecule has 0 bridgehead atoms. The Morgan fingerprint density at radius 1 is 1.23 bits per heavy atom. The van der Waals surface area contributed by atoms with Gasteiger partial charge in [0, 0.05) is 11.6 Å². The molecule has 0 atom stereocenters. The van der Waals surface area contributed by atoms with Crippen LogP contribution in [0.1, 0.15) is 0 Å². The van der Waals surface area contributed by atoms with Crippen molar-refractivity contribution in [1.29, 1.82) is 0 Å². The number of rotatable bonds is 0. The van der Waals surface area contributed by atoms with Crippen molar-refractivity contribution in [2.75, 3.05) is 0 Å². The third-order valence-electron chi connectivity index (χ3n) is 1.89. The lowest BCUT2D eigenvalue weighted by Crippen LogP contribution is -1.80. The average molecular weight is 188 g/mol. The van der Waals surface area contributed by atoms with E-state index in [0.717, 1.165) is 21.1 Å². The summed E-state index contributed by atoms with van der Waals surface area (Å²) in [6, 6.07) is 3.89. The number of benzene rings is 1. The molecule has 4 nitrogen and oxygen atoms in total. The van der Waals surface area contributed by atoms with E-state index >= 15 is 0 Å². The largest absolute Gasteiger partial charge is 0.244 e. The molecule has 0 spiro atoms. The summed E-state index contributed by atoms with van der Waals surface area (Å²) in [5, 5.41) is 5.01. The van der Waals surface area contributed by atoms with E-state index < -0.39 is 0 Å². The average Bonchev–Trinajstić information content (AvgIpc) is 2.65. The van der Waals surface area contributed by atoms with Crippen molar-refractivity contribution in [1.82, 2.24) is 19.6 Å². The third kappa shape index (κ3) is 0.905. The molecule has 5 heteroatoms. The van der Waals surface area contributed by atoms with Gasteiger partial charge in [-0.05, 0) is 23.7 Å². The first kappa shape index (κ1) is 6.85. The standard InChI is InChI=1S/C8H4N4S/c1-2-6-8(13-12-11-6)7-5(1)3-9-4-10-7/h1-4H. The zero-order chi connectivity index (χ0) is 8.67. The third-order valence-corrected chi connectivity index (χ3v) is 2.64. The van der Waals surface area contributed by atoms with E-state index in [1.165, 1.54) is 11.5 Å². The Hall–Kier alpha value is -1.62.